The van der Waals surface area contributed by atoms with Gasteiger partial charge in [-0.05, 0) is 24.3 Å². The van der Waals surface area contributed by atoms with Crippen molar-refractivity contribution in [2.75, 3.05) is 17.2 Å². The van der Waals surface area contributed by atoms with Crippen LogP contribution in [0.5, 0.6) is 0 Å². The first-order valence-corrected chi connectivity index (χ1v) is 10.6. The van der Waals surface area contributed by atoms with Crippen LogP contribution in [-0.2, 0) is 9.59 Å². The average Bonchev–Trinajstić information content (AvgIpc) is 3.29. The lowest BCUT2D eigenvalue weighted by Gasteiger charge is -2.16. The number of carbonyl (C=O) groups excluding carboxylic acids is 3. The summed E-state index contributed by atoms with van der Waals surface area (Å²) in [5.41, 5.74) is 2.90. The number of carbonyl (C=O) groups is 3. The fourth-order valence-electron chi connectivity index (χ4n) is 3.42. The van der Waals surface area contributed by atoms with Crippen molar-refractivity contribution in [3.05, 3.63) is 71.4 Å². The molecule has 32 heavy (non-hydrogen) atoms. The topological polar surface area (TPSA) is 91.4 Å². The molecule has 1 aromatic heterocycles. The summed E-state index contributed by atoms with van der Waals surface area (Å²) in [5.74, 6) is -1.32. The molecule has 1 aliphatic rings. The molecule has 2 aromatic carbocycles. The van der Waals surface area contributed by atoms with E-state index in [2.05, 4.69) is 22.2 Å². The van der Waals surface area contributed by atoms with E-state index in [1.165, 1.54) is 35.3 Å². The third-order valence-electron chi connectivity index (χ3n) is 4.92. The second-order valence-electron chi connectivity index (χ2n) is 7.16. The Labute approximate surface area is 187 Å². The van der Waals surface area contributed by atoms with E-state index >= 15 is 0 Å². The third-order valence-corrected chi connectivity index (χ3v) is 5.68. The van der Waals surface area contributed by atoms with E-state index in [0.717, 1.165) is 5.56 Å². The normalized spacial score (nSPS) is 12.6. The molecule has 0 saturated heterocycles. The van der Waals surface area contributed by atoms with Crippen LogP contribution < -0.4 is 10.6 Å². The van der Waals surface area contributed by atoms with E-state index in [4.69, 9.17) is 0 Å². The molecule has 0 spiro atoms. The van der Waals surface area contributed by atoms with E-state index in [1.807, 2.05) is 12.1 Å². The minimum atomic E-state index is -0.537. The van der Waals surface area contributed by atoms with Crippen LogP contribution in [0.1, 0.15) is 29.3 Å². The lowest BCUT2D eigenvalue weighted by molar-refractivity contribution is -0.116. The van der Waals surface area contributed by atoms with Gasteiger partial charge in [-0.1, -0.05) is 24.8 Å². The van der Waals surface area contributed by atoms with Crippen molar-refractivity contribution in [1.29, 1.82) is 0 Å². The van der Waals surface area contributed by atoms with Gasteiger partial charge in [0, 0.05) is 53.3 Å². The quantitative estimate of drug-likeness (QED) is 0.584. The fourth-order valence-corrected chi connectivity index (χ4v) is 4.15. The van der Waals surface area contributed by atoms with Crippen molar-refractivity contribution in [1.82, 2.24) is 9.88 Å². The van der Waals surface area contributed by atoms with Gasteiger partial charge in [-0.2, -0.15) is 0 Å². The van der Waals surface area contributed by atoms with Gasteiger partial charge < -0.3 is 15.5 Å². The largest absolute Gasteiger partial charge is 0.326 e. The number of halogens is 1. The summed E-state index contributed by atoms with van der Waals surface area (Å²) < 4.78 is 14.4. The molecule has 0 unspecified atom stereocenters. The number of hydrogen-bond donors (Lipinski definition) is 2. The summed E-state index contributed by atoms with van der Waals surface area (Å²) in [5, 5.41) is 7.16. The van der Waals surface area contributed by atoms with Gasteiger partial charge in [0.1, 0.15) is 5.82 Å². The summed E-state index contributed by atoms with van der Waals surface area (Å²) in [6, 6.07) is 11.5. The maximum absolute atomic E-state index is 14.4. The molecule has 0 bridgehead atoms. The minimum Gasteiger partial charge on any atom is -0.326 e. The number of aromatic nitrogens is 1. The van der Waals surface area contributed by atoms with E-state index in [-0.39, 0.29) is 36.3 Å². The zero-order chi connectivity index (χ0) is 22.8. The van der Waals surface area contributed by atoms with Crippen molar-refractivity contribution < 1.29 is 18.8 Å². The molecule has 2 N–H and O–H groups in total. The summed E-state index contributed by atoms with van der Waals surface area (Å²) in [7, 11) is 0. The number of amides is 3. The molecule has 0 radical (unpaired) electrons. The Hall–Kier alpha value is -3.85. The predicted octanol–water partition coefficient (Wildman–Crippen LogP) is 4.36. The molecular formula is C23H19FN4O3S. The summed E-state index contributed by atoms with van der Waals surface area (Å²) >= 11 is 1.17. The van der Waals surface area contributed by atoms with Crippen LogP contribution in [0.25, 0.3) is 17.0 Å². The number of anilines is 2. The van der Waals surface area contributed by atoms with Gasteiger partial charge in [0.25, 0.3) is 5.91 Å². The average molecular weight is 450 g/mol. The van der Waals surface area contributed by atoms with E-state index < -0.39 is 5.82 Å². The Morgan fingerprint density at radius 2 is 1.88 bits per heavy atom. The second kappa shape index (κ2) is 8.72. The standard InChI is InChI=1S/C23H19FN4O3S/c1-13-16-5-3-4-6-17(16)22(31)28(13)10-9-21(30)27-23-26-20(12-32-23)18-8-7-15(11-19(18)24)25-14(2)29/h3-8,11-12H,1,9-10H2,2H3,(H,25,29)(H,26,27,30). The Kier molecular flexibility index (Phi) is 5.83. The predicted molar refractivity (Wildman–Crippen MR) is 122 cm³/mol. The molecule has 162 valence electrons. The Morgan fingerprint density at radius 3 is 2.56 bits per heavy atom. The van der Waals surface area contributed by atoms with Crippen LogP contribution in [0.4, 0.5) is 15.2 Å². The zero-order valence-electron chi connectivity index (χ0n) is 17.1. The molecule has 1 aliphatic heterocycles. The first-order chi connectivity index (χ1) is 15.3. The number of hydrogen-bond acceptors (Lipinski definition) is 5. The van der Waals surface area contributed by atoms with Gasteiger partial charge in [0.05, 0.1) is 5.69 Å². The van der Waals surface area contributed by atoms with Crippen molar-refractivity contribution in [3.63, 3.8) is 0 Å². The van der Waals surface area contributed by atoms with Crippen molar-refractivity contribution in [3.8, 4) is 11.3 Å². The van der Waals surface area contributed by atoms with Gasteiger partial charge in [-0.15, -0.1) is 11.3 Å². The Bertz CT molecular complexity index is 1220. The van der Waals surface area contributed by atoms with Gasteiger partial charge in [-0.25, -0.2) is 9.37 Å². The number of fused-ring (bicyclic) bond motifs is 1. The number of nitrogens with one attached hydrogen (secondary N) is 2. The highest BCUT2D eigenvalue weighted by Crippen LogP contribution is 2.31. The van der Waals surface area contributed by atoms with Gasteiger partial charge in [0.2, 0.25) is 11.8 Å². The van der Waals surface area contributed by atoms with Crippen LogP contribution in [0.15, 0.2) is 54.4 Å². The third kappa shape index (κ3) is 4.28. The Balaban J connectivity index is 1.37. The van der Waals surface area contributed by atoms with Crippen LogP contribution in [0.2, 0.25) is 0 Å². The molecule has 3 aromatic rings. The molecule has 4 rings (SSSR count). The van der Waals surface area contributed by atoms with E-state index in [1.54, 1.807) is 23.6 Å². The first-order valence-electron chi connectivity index (χ1n) is 9.76. The smallest absolute Gasteiger partial charge is 0.258 e. The van der Waals surface area contributed by atoms with Crippen LogP contribution in [-0.4, -0.2) is 34.2 Å². The highest BCUT2D eigenvalue weighted by atomic mass is 32.1. The molecule has 2 heterocycles. The number of rotatable bonds is 6. The molecule has 3 amide bonds. The fraction of sp³-hybridized carbons (Fsp3) is 0.130. The number of benzene rings is 2. The number of thiazole rings is 1. The Morgan fingerprint density at radius 1 is 1.12 bits per heavy atom. The van der Waals surface area contributed by atoms with Crippen LogP contribution >= 0.6 is 11.3 Å². The van der Waals surface area contributed by atoms with Gasteiger partial charge in [-0.3, -0.25) is 14.4 Å². The molecule has 0 atom stereocenters. The number of nitrogens with zero attached hydrogens (tertiary/aromatic N) is 2. The molecular weight excluding hydrogens is 431 g/mol. The first kappa shape index (κ1) is 21.4. The second-order valence-corrected chi connectivity index (χ2v) is 8.02. The van der Waals surface area contributed by atoms with Crippen LogP contribution in [0, 0.1) is 5.82 Å². The molecule has 7 nitrogen and oxygen atoms in total. The molecule has 0 saturated carbocycles. The van der Waals surface area contributed by atoms with E-state index in [9.17, 15) is 18.8 Å². The summed E-state index contributed by atoms with van der Waals surface area (Å²) in [6.45, 7) is 5.49. The molecule has 9 heteroatoms. The monoisotopic (exact) mass is 450 g/mol. The SMILES string of the molecule is C=C1c2ccccc2C(=O)N1CCC(=O)Nc1nc(-c2ccc(NC(C)=O)cc2F)cs1. The zero-order valence-corrected chi connectivity index (χ0v) is 18.0. The van der Waals surface area contributed by atoms with Crippen molar-refractivity contribution >= 4 is 45.6 Å². The van der Waals surface area contributed by atoms with E-state index in [0.29, 0.717) is 27.8 Å². The molecule has 0 fully saturated rings. The lowest BCUT2D eigenvalue weighted by atomic mass is 10.1. The highest BCUT2D eigenvalue weighted by Gasteiger charge is 2.30. The lowest BCUT2D eigenvalue weighted by Crippen LogP contribution is -2.27. The highest BCUT2D eigenvalue weighted by molar-refractivity contribution is 7.14. The van der Waals surface area contributed by atoms with Crippen molar-refractivity contribution in [2.24, 2.45) is 0 Å². The van der Waals surface area contributed by atoms with Gasteiger partial charge in [0.15, 0.2) is 5.13 Å². The van der Waals surface area contributed by atoms with Crippen molar-refractivity contribution in [2.45, 2.75) is 13.3 Å². The minimum absolute atomic E-state index is 0.0629. The molecule has 0 aliphatic carbocycles. The summed E-state index contributed by atoms with van der Waals surface area (Å²) in [6.07, 6.45) is 0.0629. The van der Waals surface area contributed by atoms with Crippen LogP contribution in [0.3, 0.4) is 0 Å². The summed E-state index contributed by atoms with van der Waals surface area (Å²) in [4.78, 5) is 41.8. The maximum atomic E-state index is 14.4. The maximum Gasteiger partial charge on any atom is 0.258 e. The van der Waals surface area contributed by atoms with Gasteiger partial charge >= 0.3 is 0 Å².